The van der Waals surface area contributed by atoms with E-state index in [2.05, 4.69) is 21.4 Å². The summed E-state index contributed by atoms with van der Waals surface area (Å²) in [6.07, 6.45) is 3.04. The van der Waals surface area contributed by atoms with Crippen molar-refractivity contribution in [1.82, 2.24) is 14.7 Å². The zero-order valence-electron chi connectivity index (χ0n) is 16.9. The fourth-order valence-corrected chi connectivity index (χ4v) is 4.29. The summed E-state index contributed by atoms with van der Waals surface area (Å²) in [6.45, 7) is 8.96. The van der Waals surface area contributed by atoms with Crippen molar-refractivity contribution in [2.75, 3.05) is 38.2 Å². The number of likely N-dealkylation sites (tertiary alicyclic amines) is 1. The predicted molar refractivity (Wildman–Crippen MR) is 110 cm³/mol. The van der Waals surface area contributed by atoms with Crippen molar-refractivity contribution < 1.29 is 9.53 Å². The Hall–Kier alpha value is -2.18. The lowest BCUT2D eigenvalue weighted by atomic mass is 9.95. The van der Waals surface area contributed by atoms with E-state index in [0.29, 0.717) is 5.92 Å². The Kier molecular flexibility index (Phi) is 5.78. The molecule has 6 heteroatoms. The minimum absolute atomic E-state index is 0.103. The third-order valence-electron chi connectivity index (χ3n) is 5.89. The van der Waals surface area contributed by atoms with Gasteiger partial charge in [0.2, 0.25) is 5.91 Å². The van der Waals surface area contributed by atoms with Crippen molar-refractivity contribution in [3.05, 3.63) is 41.7 Å². The summed E-state index contributed by atoms with van der Waals surface area (Å²) in [5, 5.41) is 7.60. The molecule has 0 bridgehead atoms. The zero-order valence-corrected chi connectivity index (χ0v) is 16.9. The number of piperidine rings is 1. The van der Waals surface area contributed by atoms with Crippen LogP contribution >= 0.6 is 0 Å². The Balaban J connectivity index is 1.28. The Morgan fingerprint density at radius 3 is 2.54 bits per heavy atom. The summed E-state index contributed by atoms with van der Waals surface area (Å²) in [5.41, 5.74) is 3.96. The van der Waals surface area contributed by atoms with Crippen molar-refractivity contribution >= 4 is 11.6 Å². The van der Waals surface area contributed by atoms with Crippen LogP contribution in [0.5, 0.6) is 0 Å². The molecule has 0 spiro atoms. The maximum atomic E-state index is 12.7. The molecule has 0 radical (unpaired) electrons. The van der Waals surface area contributed by atoms with Crippen LogP contribution in [0.4, 0.5) is 5.69 Å². The van der Waals surface area contributed by atoms with E-state index in [0.717, 1.165) is 68.5 Å². The molecule has 4 rings (SSSR count). The molecule has 150 valence electrons. The molecule has 6 nitrogen and oxygen atoms in total. The molecule has 2 aromatic rings. The van der Waals surface area contributed by atoms with Gasteiger partial charge in [-0.15, -0.1) is 0 Å². The van der Waals surface area contributed by atoms with Gasteiger partial charge in [-0.3, -0.25) is 4.79 Å². The van der Waals surface area contributed by atoms with Crippen molar-refractivity contribution in [3.8, 4) is 5.69 Å². The standard InChI is InChI=1S/C22H30N4O2/c1-16-13-17(2)26(24-16)21-5-3-20(4-6-21)23-22(27)19-7-10-25(11-8-19)14-18-9-12-28-15-18/h3-6,13,18-19H,7-12,14-15H2,1-2H3,(H,23,27). The van der Waals surface area contributed by atoms with E-state index in [4.69, 9.17) is 4.74 Å². The molecule has 1 aromatic carbocycles. The second-order valence-corrected chi connectivity index (χ2v) is 8.18. The van der Waals surface area contributed by atoms with Crippen LogP contribution in [0.3, 0.4) is 0 Å². The number of rotatable bonds is 5. The summed E-state index contributed by atoms with van der Waals surface area (Å²) in [4.78, 5) is 15.2. The van der Waals surface area contributed by atoms with Gasteiger partial charge in [0.1, 0.15) is 0 Å². The van der Waals surface area contributed by atoms with Gasteiger partial charge in [0.15, 0.2) is 0 Å². The Morgan fingerprint density at radius 2 is 1.93 bits per heavy atom. The molecule has 28 heavy (non-hydrogen) atoms. The van der Waals surface area contributed by atoms with Gasteiger partial charge in [0.05, 0.1) is 18.0 Å². The molecule has 0 saturated carbocycles. The van der Waals surface area contributed by atoms with Crippen molar-refractivity contribution in [2.45, 2.75) is 33.1 Å². The SMILES string of the molecule is Cc1cc(C)n(-c2ccc(NC(=O)C3CCN(CC4CCOC4)CC3)cc2)n1. The number of amides is 1. The van der Waals surface area contributed by atoms with Gasteiger partial charge in [-0.05, 0) is 82.4 Å². The van der Waals surface area contributed by atoms with E-state index in [1.54, 1.807) is 0 Å². The molecule has 2 aliphatic rings. The summed E-state index contributed by atoms with van der Waals surface area (Å²) in [7, 11) is 0. The number of carbonyl (C=O) groups excluding carboxylic acids is 1. The number of hydrogen-bond donors (Lipinski definition) is 1. The molecular formula is C22H30N4O2. The van der Waals surface area contributed by atoms with Crippen molar-refractivity contribution in [1.29, 1.82) is 0 Å². The summed E-state index contributed by atoms with van der Waals surface area (Å²) >= 11 is 0. The molecule has 2 fully saturated rings. The van der Waals surface area contributed by atoms with Crippen LogP contribution in [0.15, 0.2) is 30.3 Å². The number of anilines is 1. The first-order valence-electron chi connectivity index (χ1n) is 10.3. The lowest BCUT2D eigenvalue weighted by Crippen LogP contribution is -2.40. The highest BCUT2D eigenvalue weighted by Gasteiger charge is 2.27. The van der Waals surface area contributed by atoms with Gasteiger partial charge in [-0.1, -0.05) is 0 Å². The third-order valence-corrected chi connectivity index (χ3v) is 5.89. The molecular weight excluding hydrogens is 352 g/mol. The van der Waals surface area contributed by atoms with Crippen molar-refractivity contribution in [2.24, 2.45) is 11.8 Å². The summed E-state index contributed by atoms with van der Waals surface area (Å²) in [5.74, 6) is 0.917. The third kappa shape index (κ3) is 4.45. The molecule has 1 atom stereocenters. The van der Waals surface area contributed by atoms with Crippen LogP contribution in [0, 0.1) is 25.7 Å². The first kappa shape index (κ1) is 19.2. The zero-order chi connectivity index (χ0) is 19.5. The molecule has 2 aliphatic heterocycles. The van der Waals surface area contributed by atoms with Crippen LogP contribution in [-0.4, -0.2) is 53.4 Å². The van der Waals surface area contributed by atoms with Crippen molar-refractivity contribution in [3.63, 3.8) is 0 Å². The second-order valence-electron chi connectivity index (χ2n) is 8.18. The number of ether oxygens (including phenoxy) is 1. The average molecular weight is 383 g/mol. The smallest absolute Gasteiger partial charge is 0.227 e. The van der Waals surface area contributed by atoms with Gasteiger partial charge < -0.3 is 15.0 Å². The fraction of sp³-hybridized carbons (Fsp3) is 0.545. The quantitative estimate of drug-likeness (QED) is 0.863. The maximum Gasteiger partial charge on any atom is 0.227 e. The van der Waals surface area contributed by atoms with E-state index in [9.17, 15) is 4.79 Å². The first-order chi connectivity index (χ1) is 13.6. The topological polar surface area (TPSA) is 59.4 Å². The van der Waals surface area contributed by atoms with E-state index in [-0.39, 0.29) is 11.8 Å². The van der Waals surface area contributed by atoms with E-state index in [1.807, 2.05) is 42.8 Å². The van der Waals surface area contributed by atoms with Gasteiger partial charge in [-0.2, -0.15) is 5.10 Å². The first-order valence-corrected chi connectivity index (χ1v) is 10.3. The van der Waals surface area contributed by atoms with Crippen LogP contribution in [-0.2, 0) is 9.53 Å². The number of aromatic nitrogens is 2. The maximum absolute atomic E-state index is 12.7. The second kappa shape index (κ2) is 8.45. The molecule has 1 unspecified atom stereocenters. The Bertz CT molecular complexity index is 800. The number of carbonyl (C=O) groups is 1. The highest BCUT2D eigenvalue weighted by Crippen LogP contribution is 2.23. The average Bonchev–Trinajstić information content (AvgIpc) is 3.32. The molecule has 2 saturated heterocycles. The van der Waals surface area contributed by atoms with Crippen LogP contribution in [0.1, 0.15) is 30.7 Å². The van der Waals surface area contributed by atoms with Crippen LogP contribution in [0.2, 0.25) is 0 Å². The normalized spacial score (nSPS) is 21.1. The Morgan fingerprint density at radius 1 is 1.18 bits per heavy atom. The summed E-state index contributed by atoms with van der Waals surface area (Å²) in [6, 6.07) is 9.97. The van der Waals surface area contributed by atoms with Crippen LogP contribution in [0.25, 0.3) is 5.69 Å². The van der Waals surface area contributed by atoms with Gasteiger partial charge in [-0.25, -0.2) is 4.68 Å². The Labute approximate surface area is 166 Å². The van der Waals surface area contributed by atoms with Gasteiger partial charge in [0.25, 0.3) is 0 Å². The highest BCUT2D eigenvalue weighted by atomic mass is 16.5. The fourth-order valence-electron chi connectivity index (χ4n) is 4.29. The number of nitrogens with zero attached hydrogens (tertiary/aromatic N) is 3. The highest BCUT2D eigenvalue weighted by molar-refractivity contribution is 5.92. The number of nitrogens with one attached hydrogen (secondary N) is 1. The monoisotopic (exact) mass is 382 g/mol. The molecule has 1 aromatic heterocycles. The van der Waals surface area contributed by atoms with E-state index >= 15 is 0 Å². The number of aryl methyl sites for hydroxylation is 2. The number of benzene rings is 1. The van der Waals surface area contributed by atoms with E-state index < -0.39 is 0 Å². The minimum atomic E-state index is 0.103. The lowest BCUT2D eigenvalue weighted by Gasteiger charge is -2.32. The molecule has 1 amide bonds. The number of hydrogen-bond acceptors (Lipinski definition) is 4. The molecule has 3 heterocycles. The predicted octanol–water partition coefficient (Wildman–Crippen LogP) is 3.18. The van der Waals surface area contributed by atoms with Gasteiger partial charge >= 0.3 is 0 Å². The minimum Gasteiger partial charge on any atom is -0.381 e. The molecule has 0 aliphatic carbocycles. The van der Waals surface area contributed by atoms with Gasteiger partial charge in [0, 0.05) is 30.5 Å². The lowest BCUT2D eigenvalue weighted by molar-refractivity contribution is -0.121. The summed E-state index contributed by atoms with van der Waals surface area (Å²) < 4.78 is 7.40. The van der Waals surface area contributed by atoms with Crippen LogP contribution < -0.4 is 5.32 Å². The largest absolute Gasteiger partial charge is 0.381 e. The molecule has 1 N–H and O–H groups in total. The van der Waals surface area contributed by atoms with E-state index in [1.165, 1.54) is 6.42 Å².